The maximum atomic E-state index is 12.4. The molecule has 0 aliphatic carbocycles. The fraction of sp³-hybridized carbons (Fsp3) is 0.462. The summed E-state index contributed by atoms with van der Waals surface area (Å²) in [5.41, 5.74) is -0.655. The van der Waals surface area contributed by atoms with Gasteiger partial charge in [-0.1, -0.05) is 31.0 Å². The third-order valence-electron chi connectivity index (χ3n) is 3.13. The van der Waals surface area contributed by atoms with E-state index in [1.54, 1.807) is 31.3 Å². The molecule has 0 aliphatic rings. The fourth-order valence-corrected chi connectivity index (χ4v) is 3.93. The van der Waals surface area contributed by atoms with Gasteiger partial charge in [0.15, 0.2) is 10.2 Å². The summed E-state index contributed by atoms with van der Waals surface area (Å²) in [6.45, 7) is 3.43. The van der Waals surface area contributed by atoms with Crippen LogP contribution in [0.4, 0.5) is 0 Å². The molecule has 0 saturated heterocycles. The summed E-state index contributed by atoms with van der Waals surface area (Å²) in [4.78, 5) is 4.01. The normalized spacial score (nSPS) is 15.2. The van der Waals surface area contributed by atoms with Crippen LogP contribution in [0.25, 0.3) is 5.65 Å². The van der Waals surface area contributed by atoms with Crippen molar-refractivity contribution in [1.29, 1.82) is 0 Å². The fourth-order valence-electron chi connectivity index (χ4n) is 2.13. The van der Waals surface area contributed by atoms with Gasteiger partial charge in [0, 0.05) is 12.7 Å². The monoisotopic (exact) mass is 331 g/mol. The van der Waals surface area contributed by atoms with Crippen LogP contribution in [-0.2, 0) is 10.0 Å². The molecule has 0 saturated carbocycles. The molecule has 2 heterocycles. The Morgan fingerprint density at radius 1 is 1.48 bits per heavy atom. The highest BCUT2D eigenvalue weighted by molar-refractivity contribution is 7.89. The molecule has 2 aromatic rings. The van der Waals surface area contributed by atoms with E-state index < -0.39 is 15.6 Å². The number of rotatable bonds is 6. The molecule has 0 fully saturated rings. The molecule has 0 radical (unpaired) electrons. The van der Waals surface area contributed by atoms with E-state index in [9.17, 15) is 13.5 Å². The molecule has 0 bridgehead atoms. The summed E-state index contributed by atoms with van der Waals surface area (Å²) in [7, 11) is -3.87. The van der Waals surface area contributed by atoms with Crippen molar-refractivity contribution >= 4 is 27.3 Å². The average Bonchev–Trinajstić information content (AvgIpc) is 2.73. The van der Waals surface area contributed by atoms with Gasteiger partial charge in [-0.15, -0.1) is 0 Å². The van der Waals surface area contributed by atoms with Crippen molar-refractivity contribution < 1.29 is 13.5 Å². The summed E-state index contributed by atoms with van der Waals surface area (Å²) in [5, 5.41) is 9.86. The third-order valence-corrected chi connectivity index (χ3v) is 4.93. The van der Waals surface area contributed by atoms with Crippen molar-refractivity contribution in [1.82, 2.24) is 14.1 Å². The molecular formula is C13H18ClN3O3S. The summed E-state index contributed by atoms with van der Waals surface area (Å²) in [6, 6.07) is 5.10. The molecule has 2 aromatic heterocycles. The minimum Gasteiger partial charge on any atom is -0.389 e. The smallest absolute Gasteiger partial charge is 0.259 e. The van der Waals surface area contributed by atoms with Crippen LogP contribution in [0.3, 0.4) is 0 Å². The van der Waals surface area contributed by atoms with Gasteiger partial charge in [-0.2, -0.15) is 0 Å². The van der Waals surface area contributed by atoms with Crippen molar-refractivity contribution in [3.05, 3.63) is 29.5 Å². The second kappa shape index (κ2) is 5.92. The van der Waals surface area contributed by atoms with Gasteiger partial charge in [0.1, 0.15) is 5.65 Å². The number of pyridine rings is 1. The number of halogens is 1. The molecule has 0 spiro atoms. The van der Waals surface area contributed by atoms with Gasteiger partial charge < -0.3 is 5.11 Å². The molecule has 2 N–H and O–H groups in total. The minimum atomic E-state index is -3.87. The highest BCUT2D eigenvalue weighted by Crippen LogP contribution is 2.22. The quantitative estimate of drug-likeness (QED) is 0.845. The summed E-state index contributed by atoms with van der Waals surface area (Å²) in [5.74, 6) is 0. The highest BCUT2D eigenvalue weighted by Gasteiger charge is 2.28. The number of nitrogens with zero attached hydrogens (tertiary/aromatic N) is 2. The lowest BCUT2D eigenvalue weighted by Gasteiger charge is -2.22. The Kier molecular flexibility index (Phi) is 4.57. The van der Waals surface area contributed by atoms with Gasteiger partial charge in [-0.05, 0) is 25.5 Å². The Morgan fingerprint density at radius 2 is 2.19 bits per heavy atom. The van der Waals surface area contributed by atoms with Gasteiger partial charge in [0.2, 0.25) is 0 Å². The second-order valence-corrected chi connectivity index (χ2v) is 7.25. The largest absolute Gasteiger partial charge is 0.389 e. The van der Waals surface area contributed by atoms with Crippen LogP contribution in [0.15, 0.2) is 29.4 Å². The Labute approximate surface area is 128 Å². The number of fused-ring (bicyclic) bond motifs is 1. The number of sulfonamides is 1. The van der Waals surface area contributed by atoms with E-state index >= 15 is 0 Å². The van der Waals surface area contributed by atoms with Crippen molar-refractivity contribution in [3.8, 4) is 0 Å². The average molecular weight is 332 g/mol. The predicted octanol–water partition coefficient (Wildman–Crippen LogP) is 1.82. The second-order valence-electron chi connectivity index (χ2n) is 5.21. The number of nitrogens with one attached hydrogen (secondary N) is 1. The van der Waals surface area contributed by atoms with E-state index in [1.165, 1.54) is 4.40 Å². The number of aliphatic hydroxyl groups is 1. The van der Waals surface area contributed by atoms with Crippen LogP contribution in [0.5, 0.6) is 0 Å². The maximum absolute atomic E-state index is 12.4. The molecule has 1 atom stereocenters. The molecule has 0 aliphatic heterocycles. The minimum absolute atomic E-state index is 0.0838. The maximum Gasteiger partial charge on any atom is 0.259 e. The van der Waals surface area contributed by atoms with E-state index in [4.69, 9.17) is 11.6 Å². The van der Waals surface area contributed by atoms with E-state index in [0.29, 0.717) is 12.1 Å². The van der Waals surface area contributed by atoms with Crippen molar-refractivity contribution in [2.24, 2.45) is 0 Å². The van der Waals surface area contributed by atoms with Gasteiger partial charge in [0.25, 0.3) is 10.0 Å². The van der Waals surface area contributed by atoms with E-state index in [0.717, 1.165) is 6.42 Å². The molecule has 2 rings (SSSR count). The standard InChI is InChI=1S/C13H18ClN3O3S/c1-3-7-13(2,18)9-15-21(19,20)12-11(14)16-10-6-4-5-8-17(10)12/h4-6,8,15,18H,3,7,9H2,1-2H3. The number of hydrogen-bond acceptors (Lipinski definition) is 4. The van der Waals surface area contributed by atoms with Gasteiger partial charge in [0.05, 0.1) is 5.60 Å². The molecule has 116 valence electrons. The molecule has 1 unspecified atom stereocenters. The first-order valence-electron chi connectivity index (χ1n) is 6.61. The molecule has 6 nitrogen and oxygen atoms in total. The molecule has 8 heteroatoms. The zero-order valence-corrected chi connectivity index (χ0v) is 13.4. The van der Waals surface area contributed by atoms with Crippen LogP contribution in [0.2, 0.25) is 5.15 Å². The zero-order valence-electron chi connectivity index (χ0n) is 11.9. The molecular weight excluding hydrogens is 314 g/mol. The Bertz CT molecular complexity index is 740. The number of hydrogen-bond donors (Lipinski definition) is 2. The lowest BCUT2D eigenvalue weighted by Crippen LogP contribution is -2.40. The lowest BCUT2D eigenvalue weighted by atomic mass is 10.0. The van der Waals surface area contributed by atoms with Crippen molar-refractivity contribution in [3.63, 3.8) is 0 Å². The molecule has 21 heavy (non-hydrogen) atoms. The molecule has 0 aromatic carbocycles. The van der Waals surface area contributed by atoms with Gasteiger partial charge >= 0.3 is 0 Å². The topological polar surface area (TPSA) is 83.7 Å². The van der Waals surface area contributed by atoms with E-state index in [1.807, 2.05) is 6.92 Å². The summed E-state index contributed by atoms with van der Waals surface area (Å²) >= 11 is 5.95. The van der Waals surface area contributed by atoms with Crippen LogP contribution in [-0.4, -0.2) is 35.1 Å². The summed E-state index contributed by atoms with van der Waals surface area (Å²) in [6.07, 6.45) is 2.83. The van der Waals surface area contributed by atoms with Crippen molar-refractivity contribution in [2.75, 3.05) is 6.54 Å². The van der Waals surface area contributed by atoms with Gasteiger partial charge in [-0.25, -0.2) is 18.1 Å². The first-order chi connectivity index (χ1) is 9.77. The third kappa shape index (κ3) is 3.55. The number of imidazole rings is 1. The SMILES string of the molecule is CCCC(C)(O)CNS(=O)(=O)c1c(Cl)nc2ccccn12. The predicted molar refractivity (Wildman–Crippen MR) is 80.9 cm³/mol. The molecule has 0 amide bonds. The van der Waals surface area contributed by atoms with Gasteiger partial charge in [-0.3, -0.25) is 4.40 Å². The van der Waals surface area contributed by atoms with Crippen LogP contribution >= 0.6 is 11.6 Å². The number of aromatic nitrogens is 2. The highest BCUT2D eigenvalue weighted by atomic mass is 35.5. The first-order valence-corrected chi connectivity index (χ1v) is 8.47. The summed E-state index contributed by atoms with van der Waals surface area (Å²) < 4.78 is 28.6. The van der Waals surface area contributed by atoms with Crippen LogP contribution < -0.4 is 4.72 Å². The van der Waals surface area contributed by atoms with Crippen LogP contribution in [0.1, 0.15) is 26.7 Å². The Morgan fingerprint density at radius 3 is 2.86 bits per heavy atom. The van der Waals surface area contributed by atoms with Crippen LogP contribution in [0, 0.1) is 0 Å². The van der Waals surface area contributed by atoms with Crippen molar-refractivity contribution in [2.45, 2.75) is 37.3 Å². The van der Waals surface area contributed by atoms with E-state index in [2.05, 4.69) is 9.71 Å². The zero-order chi connectivity index (χ0) is 15.7. The lowest BCUT2D eigenvalue weighted by molar-refractivity contribution is 0.0554. The Balaban J connectivity index is 2.32. The Hall–Kier alpha value is -1.15. The first kappa shape index (κ1) is 16.2. The van der Waals surface area contributed by atoms with E-state index in [-0.39, 0.29) is 16.7 Å².